The fourth-order valence-corrected chi connectivity index (χ4v) is 2.65. The van der Waals surface area contributed by atoms with Crippen LogP contribution in [0.15, 0.2) is 30.3 Å². The Kier molecular flexibility index (Phi) is 5.45. The molecule has 1 N–H and O–H groups in total. The molecule has 1 atom stereocenters. The molecule has 0 radical (unpaired) electrons. The predicted octanol–water partition coefficient (Wildman–Crippen LogP) is 2.07. The van der Waals surface area contributed by atoms with Crippen LogP contribution in [-0.2, 0) is 4.74 Å². The quantitative estimate of drug-likeness (QED) is 0.865. The Morgan fingerprint density at radius 2 is 2.04 bits per heavy atom. The summed E-state index contributed by atoms with van der Waals surface area (Å²) >= 11 is 0. The number of amides is 1. The zero-order valence-electron chi connectivity index (χ0n) is 14.3. The lowest BCUT2D eigenvalue weighted by Gasteiger charge is -2.11. The number of hydrogen-bond donors (Lipinski definition) is 1. The van der Waals surface area contributed by atoms with Crippen LogP contribution in [0.1, 0.15) is 23.2 Å². The van der Waals surface area contributed by atoms with E-state index >= 15 is 0 Å². The van der Waals surface area contributed by atoms with Crippen molar-refractivity contribution in [3.8, 4) is 23.1 Å². The highest BCUT2D eigenvalue weighted by Gasteiger charge is 2.16. The van der Waals surface area contributed by atoms with Crippen LogP contribution in [0.2, 0.25) is 0 Å². The summed E-state index contributed by atoms with van der Waals surface area (Å²) in [5, 5.41) is 2.91. The smallest absolute Gasteiger partial charge is 0.320 e. The average Bonchev–Trinajstić information content (AvgIpc) is 3.19. The molecule has 1 aliphatic heterocycles. The molecule has 0 aliphatic carbocycles. The highest BCUT2D eigenvalue weighted by Crippen LogP contribution is 2.23. The molecule has 0 bridgehead atoms. The van der Waals surface area contributed by atoms with E-state index < -0.39 is 0 Å². The SMILES string of the molecule is COc1cc(-c2ccc(C(=O)NC[C@H]3CCCO3)cc2)nc(OC)n1. The second kappa shape index (κ2) is 7.94. The van der Waals surface area contributed by atoms with Crippen molar-refractivity contribution in [2.75, 3.05) is 27.4 Å². The van der Waals surface area contributed by atoms with Crippen LogP contribution in [-0.4, -0.2) is 49.4 Å². The van der Waals surface area contributed by atoms with E-state index in [-0.39, 0.29) is 18.0 Å². The average molecular weight is 343 g/mol. The van der Waals surface area contributed by atoms with Gasteiger partial charge in [0.15, 0.2) is 0 Å². The summed E-state index contributed by atoms with van der Waals surface area (Å²) in [5.74, 6) is 0.306. The Morgan fingerprint density at radius 1 is 1.24 bits per heavy atom. The van der Waals surface area contributed by atoms with E-state index in [1.165, 1.54) is 14.2 Å². The molecule has 1 aliphatic rings. The van der Waals surface area contributed by atoms with Gasteiger partial charge in [-0.15, -0.1) is 0 Å². The van der Waals surface area contributed by atoms with E-state index in [2.05, 4.69) is 15.3 Å². The molecule has 0 saturated carbocycles. The van der Waals surface area contributed by atoms with E-state index in [1.54, 1.807) is 18.2 Å². The maximum absolute atomic E-state index is 12.2. The number of ether oxygens (including phenoxy) is 3. The minimum absolute atomic E-state index is 0.111. The molecule has 1 saturated heterocycles. The monoisotopic (exact) mass is 343 g/mol. The Morgan fingerprint density at radius 3 is 2.68 bits per heavy atom. The number of methoxy groups -OCH3 is 2. The molecule has 2 aromatic rings. The fraction of sp³-hybridized carbons (Fsp3) is 0.389. The van der Waals surface area contributed by atoms with E-state index in [0.29, 0.717) is 23.7 Å². The first-order valence-corrected chi connectivity index (χ1v) is 8.17. The molecule has 7 heteroatoms. The van der Waals surface area contributed by atoms with Crippen molar-refractivity contribution >= 4 is 5.91 Å². The lowest BCUT2D eigenvalue weighted by atomic mass is 10.1. The van der Waals surface area contributed by atoms with Crippen LogP contribution in [0.3, 0.4) is 0 Å². The highest BCUT2D eigenvalue weighted by atomic mass is 16.5. The molecule has 2 heterocycles. The summed E-state index contributed by atoms with van der Waals surface area (Å²) in [4.78, 5) is 20.6. The van der Waals surface area contributed by atoms with Gasteiger partial charge in [0.05, 0.1) is 26.0 Å². The summed E-state index contributed by atoms with van der Waals surface area (Å²) in [6.07, 6.45) is 2.18. The van der Waals surface area contributed by atoms with Crippen molar-refractivity contribution in [1.82, 2.24) is 15.3 Å². The van der Waals surface area contributed by atoms with Gasteiger partial charge < -0.3 is 19.5 Å². The Hall–Kier alpha value is -2.67. The third-order valence-electron chi connectivity index (χ3n) is 4.03. The molecular formula is C18H21N3O4. The lowest BCUT2D eigenvalue weighted by molar-refractivity contribution is 0.0858. The van der Waals surface area contributed by atoms with Crippen molar-refractivity contribution in [2.24, 2.45) is 0 Å². The van der Waals surface area contributed by atoms with Crippen molar-refractivity contribution in [3.05, 3.63) is 35.9 Å². The molecule has 3 rings (SSSR count). The maximum atomic E-state index is 12.2. The number of carbonyl (C=O) groups excluding carboxylic acids is 1. The van der Waals surface area contributed by atoms with Crippen LogP contribution in [0, 0.1) is 0 Å². The van der Waals surface area contributed by atoms with Gasteiger partial charge in [0, 0.05) is 30.3 Å². The van der Waals surface area contributed by atoms with Gasteiger partial charge in [0.25, 0.3) is 5.91 Å². The summed E-state index contributed by atoms with van der Waals surface area (Å²) in [6.45, 7) is 1.32. The second-order valence-corrected chi connectivity index (χ2v) is 5.70. The molecule has 1 amide bonds. The number of nitrogens with zero attached hydrogens (tertiary/aromatic N) is 2. The summed E-state index contributed by atoms with van der Waals surface area (Å²) in [7, 11) is 3.03. The van der Waals surface area contributed by atoms with E-state index in [9.17, 15) is 4.79 Å². The molecule has 0 spiro atoms. The van der Waals surface area contributed by atoms with Crippen LogP contribution in [0.25, 0.3) is 11.3 Å². The van der Waals surface area contributed by atoms with Crippen LogP contribution >= 0.6 is 0 Å². The third kappa shape index (κ3) is 4.24. The molecule has 1 fully saturated rings. The zero-order chi connectivity index (χ0) is 17.6. The number of hydrogen-bond acceptors (Lipinski definition) is 6. The normalized spacial score (nSPS) is 16.5. The van der Waals surface area contributed by atoms with Crippen LogP contribution < -0.4 is 14.8 Å². The summed E-state index contributed by atoms with van der Waals surface area (Å²) in [5.41, 5.74) is 2.10. The van der Waals surface area contributed by atoms with Gasteiger partial charge in [0.2, 0.25) is 5.88 Å². The first-order valence-electron chi connectivity index (χ1n) is 8.17. The fourth-order valence-electron chi connectivity index (χ4n) is 2.65. The highest BCUT2D eigenvalue weighted by molar-refractivity contribution is 5.94. The zero-order valence-corrected chi connectivity index (χ0v) is 14.3. The van der Waals surface area contributed by atoms with Crippen LogP contribution in [0.5, 0.6) is 11.9 Å². The molecule has 1 aromatic carbocycles. The lowest BCUT2D eigenvalue weighted by Crippen LogP contribution is -2.31. The van der Waals surface area contributed by atoms with Crippen molar-refractivity contribution in [2.45, 2.75) is 18.9 Å². The van der Waals surface area contributed by atoms with Gasteiger partial charge in [-0.05, 0) is 25.0 Å². The minimum atomic E-state index is -0.111. The number of benzene rings is 1. The third-order valence-corrected chi connectivity index (χ3v) is 4.03. The van der Waals surface area contributed by atoms with Gasteiger partial charge in [-0.2, -0.15) is 9.97 Å². The summed E-state index contributed by atoms with van der Waals surface area (Å²) in [6, 6.07) is 9.15. The molecular weight excluding hydrogens is 322 g/mol. The first kappa shape index (κ1) is 17.2. The first-order chi connectivity index (χ1) is 12.2. The van der Waals surface area contributed by atoms with Gasteiger partial charge >= 0.3 is 6.01 Å². The van der Waals surface area contributed by atoms with E-state index in [4.69, 9.17) is 14.2 Å². The second-order valence-electron chi connectivity index (χ2n) is 5.70. The van der Waals surface area contributed by atoms with Crippen molar-refractivity contribution in [3.63, 3.8) is 0 Å². The minimum Gasteiger partial charge on any atom is -0.481 e. The molecule has 132 valence electrons. The van der Waals surface area contributed by atoms with Gasteiger partial charge in [0.1, 0.15) is 0 Å². The Balaban J connectivity index is 1.70. The molecule has 1 aromatic heterocycles. The van der Waals surface area contributed by atoms with Crippen molar-refractivity contribution in [1.29, 1.82) is 0 Å². The predicted molar refractivity (Wildman–Crippen MR) is 91.9 cm³/mol. The molecule has 25 heavy (non-hydrogen) atoms. The Labute approximate surface area is 146 Å². The van der Waals surface area contributed by atoms with Gasteiger partial charge in [-0.3, -0.25) is 4.79 Å². The number of aromatic nitrogens is 2. The van der Waals surface area contributed by atoms with Crippen molar-refractivity contribution < 1.29 is 19.0 Å². The van der Waals surface area contributed by atoms with Gasteiger partial charge in [-0.1, -0.05) is 12.1 Å². The Bertz CT molecular complexity index is 705. The van der Waals surface area contributed by atoms with Crippen LogP contribution in [0.4, 0.5) is 0 Å². The largest absolute Gasteiger partial charge is 0.481 e. The summed E-state index contributed by atoms with van der Waals surface area (Å²) < 4.78 is 15.7. The van der Waals surface area contributed by atoms with E-state index in [1.807, 2.05) is 12.1 Å². The maximum Gasteiger partial charge on any atom is 0.320 e. The number of carbonyl (C=O) groups is 1. The number of rotatable bonds is 6. The topological polar surface area (TPSA) is 82.6 Å². The standard InChI is InChI=1S/C18H21N3O4/c1-23-16-10-15(20-18(21-16)24-2)12-5-7-13(8-6-12)17(22)19-11-14-4-3-9-25-14/h5-8,10,14H,3-4,9,11H2,1-2H3,(H,19,22)/t14-/m1/s1. The van der Waals surface area contributed by atoms with E-state index in [0.717, 1.165) is 25.0 Å². The van der Waals surface area contributed by atoms with Gasteiger partial charge in [-0.25, -0.2) is 0 Å². The molecule has 7 nitrogen and oxygen atoms in total. The number of nitrogens with one attached hydrogen (secondary N) is 1. The molecule has 0 unspecified atom stereocenters.